The lowest BCUT2D eigenvalue weighted by molar-refractivity contribution is 0.271. The fourth-order valence-corrected chi connectivity index (χ4v) is 1.42. The number of nitrogens with zero attached hydrogens (tertiary/aromatic N) is 3. The maximum Gasteiger partial charge on any atom is 0.160 e. The number of hydrogen-bond acceptors (Lipinski definition) is 4. The van der Waals surface area contributed by atoms with Gasteiger partial charge in [-0.15, -0.1) is 0 Å². The summed E-state index contributed by atoms with van der Waals surface area (Å²) in [4.78, 5) is 4.32. The van der Waals surface area contributed by atoms with E-state index in [4.69, 9.17) is 10.8 Å². The van der Waals surface area contributed by atoms with Crippen molar-refractivity contribution in [2.75, 3.05) is 12.3 Å². The Bertz CT molecular complexity index is 463. The Kier molecular flexibility index (Phi) is 2.09. The van der Waals surface area contributed by atoms with E-state index in [-0.39, 0.29) is 6.61 Å². The fourth-order valence-electron chi connectivity index (χ4n) is 1.42. The van der Waals surface area contributed by atoms with Gasteiger partial charge in [0, 0.05) is 5.69 Å². The van der Waals surface area contributed by atoms with Crippen LogP contribution >= 0.6 is 0 Å². The maximum absolute atomic E-state index is 8.83. The first-order valence-corrected chi connectivity index (χ1v) is 4.43. The predicted octanol–water partition coefficient (Wildman–Crippen LogP) is 0.314. The van der Waals surface area contributed by atoms with Gasteiger partial charge in [0.2, 0.25) is 0 Å². The van der Waals surface area contributed by atoms with E-state index in [1.54, 1.807) is 4.68 Å². The highest BCUT2D eigenvalue weighted by molar-refractivity contribution is 5.86. The number of aromatic nitrogens is 3. The summed E-state index contributed by atoms with van der Waals surface area (Å²) in [6.07, 6.45) is 0. The van der Waals surface area contributed by atoms with Crippen LogP contribution in [0.5, 0.6) is 0 Å². The molecule has 5 nitrogen and oxygen atoms in total. The second kappa shape index (κ2) is 3.26. The third-order valence-corrected chi connectivity index (χ3v) is 2.08. The lowest BCUT2D eigenvalue weighted by atomic mass is 10.3. The number of pyridine rings is 1. The van der Waals surface area contributed by atoms with Gasteiger partial charge in [-0.25, -0.2) is 9.67 Å². The van der Waals surface area contributed by atoms with Gasteiger partial charge < -0.3 is 10.8 Å². The van der Waals surface area contributed by atoms with E-state index in [9.17, 15) is 0 Å². The molecular formula is C9H12N4O. The number of anilines is 1. The van der Waals surface area contributed by atoms with Crippen molar-refractivity contribution in [1.29, 1.82) is 0 Å². The molecule has 0 fully saturated rings. The van der Waals surface area contributed by atoms with Gasteiger partial charge in [0.15, 0.2) is 11.5 Å². The van der Waals surface area contributed by atoms with Crippen LogP contribution in [0.2, 0.25) is 0 Å². The molecule has 0 aromatic carbocycles. The van der Waals surface area contributed by atoms with Crippen molar-refractivity contribution in [3.05, 3.63) is 17.8 Å². The third-order valence-electron chi connectivity index (χ3n) is 2.08. The minimum atomic E-state index is 0.0336. The molecule has 74 valence electrons. The lowest BCUT2D eigenvalue weighted by Gasteiger charge is -1.98. The maximum atomic E-state index is 8.83. The molecule has 0 radical (unpaired) electrons. The first-order valence-electron chi connectivity index (χ1n) is 4.43. The molecule has 2 rings (SSSR count). The van der Waals surface area contributed by atoms with E-state index in [0.717, 1.165) is 16.7 Å². The number of aliphatic hydroxyl groups excluding tert-OH is 1. The number of aryl methyl sites for hydroxylation is 1. The number of hydrogen-bond donors (Lipinski definition) is 2. The van der Waals surface area contributed by atoms with Gasteiger partial charge in [-0.3, -0.25) is 0 Å². The molecule has 0 aliphatic heterocycles. The summed E-state index contributed by atoms with van der Waals surface area (Å²) in [6.45, 7) is 2.36. The number of aliphatic hydroxyl groups is 1. The second-order valence-electron chi connectivity index (χ2n) is 3.16. The van der Waals surface area contributed by atoms with Gasteiger partial charge >= 0.3 is 0 Å². The Morgan fingerprint density at radius 1 is 1.50 bits per heavy atom. The van der Waals surface area contributed by atoms with Crippen molar-refractivity contribution in [1.82, 2.24) is 14.8 Å². The largest absolute Gasteiger partial charge is 0.394 e. The highest BCUT2D eigenvalue weighted by atomic mass is 16.3. The highest BCUT2D eigenvalue weighted by Crippen LogP contribution is 2.18. The Hall–Kier alpha value is -1.62. The zero-order valence-electron chi connectivity index (χ0n) is 7.94. The zero-order chi connectivity index (χ0) is 10.1. The summed E-state index contributed by atoms with van der Waals surface area (Å²) < 4.78 is 1.62. The lowest BCUT2D eigenvalue weighted by Crippen LogP contribution is -2.05. The molecule has 2 aromatic heterocycles. The average Bonchev–Trinajstić information content (AvgIpc) is 2.44. The number of fused-ring (bicyclic) bond motifs is 1. The Morgan fingerprint density at radius 3 is 3.00 bits per heavy atom. The van der Waals surface area contributed by atoms with Crippen LogP contribution in [-0.2, 0) is 6.54 Å². The summed E-state index contributed by atoms with van der Waals surface area (Å²) in [5.41, 5.74) is 7.35. The minimum absolute atomic E-state index is 0.0336. The van der Waals surface area contributed by atoms with Gasteiger partial charge in [-0.05, 0) is 19.1 Å². The van der Waals surface area contributed by atoms with Gasteiger partial charge in [-0.1, -0.05) is 0 Å². The van der Waals surface area contributed by atoms with Crippen LogP contribution in [0.25, 0.3) is 11.0 Å². The number of rotatable bonds is 2. The van der Waals surface area contributed by atoms with Crippen LogP contribution < -0.4 is 5.73 Å². The number of nitrogen functional groups attached to an aromatic ring is 1. The van der Waals surface area contributed by atoms with E-state index in [0.29, 0.717) is 12.4 Å². The van der Waals surface area contributed by atoms with E-state index in [2.05, 4.69) is 10.1 Å². The Morgan fingerprint density at radius 2 is 2.29 bits per heavy atom. The summed E-state index contributed by atoms with van der Waals surface area (Å²) in [5, 5.41) is 13.8. The molecule has 5 heteroatoms. The molecule has 14 heavy (non-hydrogen) atoms. The monoisotopic (exact) mass is 192 g/mol. The van der Waals surface area contributed by atoms with Crippen LogP contribution in [0.3, 0.4) is 0 Å². The first kappa shape index (κ1) is 8.96. The van der Waals surface area contributed by atoms with Crippen LogP contribution in [0.1, 0.15) is 5.69 Å². The fraction of sp³-hybridized carbons (Fsp3) is 0.333. The molecule has 0 aliphatic carbocycles. The quantitative estimate of drug-likeness (QED) is 0.718. The Balaban J connectivity index is 2.66. The van der Waals surface area contributed by atoms with Gasteiger partial charge in [0.1, 0.15) is 0 Å². The summed E-state index contributed by atoms with van der Waals surface area (Å²) >= 11 is 0. The predicted molar refractivity (Wildman–Crippen MR) is 53.8 cm³/mol. The molecule has 2 heterocycles. The van der Waals surface area contributed by atoms with Crippen LogP contribution in [0, 0.1) is 6.92 Å². The van der Waals surface area contributed by atoms with Gasteiger partial charge in [0.25, 0.3) is 0 Å². The van der Waals surface area contributed by atoms with Crippen molar-refractivity contribution >= 4 is 16.9 Å². The van der Waals surface area contributed by atoms with E-state index >= 15 is 0 Å². The minimum Gasteiger partial charge on any atom is -0.394 e. The average molecular weight is 192 g/mol. The molecule has 0 amide bonds. The molecule has 0 aliphatic rings. The molecule has 0 atom stereocenters. The molecule has 2 aromatic rings. The standard InChI is InChI=1S/C9H12N4O/c1-6-2-3-7-8(10)12-13(4-5-14)9(7)11-6/h2-3,14H,4-5H2,1H3,(H2,10,12). The summed E-state index contributed by atoms with van der Waals surface area (Å²) in [6, 6.07) is 3.79. The smallest absolute Gasteiger partial charge is 0.160 e. The number of nitrogens with two attached hydrogens (primary N) is 1. The molecule has 0 saturated carbocycles. The Labute approximate surface area is 81.2 Å². The second-order valence-corrected chi connectivity index (χ2v) is 3.16. The molecule has 0 spiro atoms. The summed E-state index contributed by atoms with van der Waals surface area (Å²) in [7, 11) is 0. The van der Waals surface area contributed by atoms with Crippen molar-refractivity contribution in [3.8, 4) is 0 Å². The van der Waals surface area contributed by atoms with Gasteiger partial charge in [0.05, 0.1) is 18.5 Å². The summed E-state index contributed by atoms with van der Waals surface area (Å²) in [5.74, 6) is 0.459. The molecular weight excluding hydrogens is 180 g/mol. The first-order chi connectivity index (χ1) is 6.72. The van der Waals surface area contributed by atoms with E-state index in [1.807, 2.05) is 19.1 Å². The van der Waals surface area contributed by atoms with Crippen molar-refractivity contribution < 1.29 is 5.11 Å². The van der Waals surface area contributed by atoms with Gasteiger partial charge in [-0.2, -0.15) is 5.10 Å². The SMILES string of the molecule is Cc1ccc2c(N)nn(CCO)c2n1. The molecule has 0 saturated heterocycles. The van der Waals surface area contributed by atoms with Crippen LogP contribution in [0.4, 0.5) is 5.82 Å². The van der Waals surface area contributed by atoms with Crippen molar-refractivity contribution in [2.45, 2.75) is 13.5 Å². The highest BCUT2D eigenvalue weighted by Gasteiger charge is 2.08. The third kappa shape index (κ3) is 1.31. The topological polar surface area (TPSA) is 77.0 Å². The molecule has 3 N–H and O–H groups in total. The zero-order valence-corrected chi connectivity index (χ0v) is 7.94. The normalized spacial score (nSPS) is 11.0. The van der Waals surface area contributed by atoms with E-state index in [1.165, 1.54) is 0 Å². The van der Waals surface area contributed by atoms with Crippen molar-refractivity contribution in [2.24, 2.45) is 0 Å². The van der Waals surface area contributed by atoms with Crippen LogP contribution in [0.15, 0.2) is 12.1 Å². The molecule has 0 bridgehead atoms. The molecule has 0 unspecified atom stereocenters. The van der Waals surface area contributed by atoms with E-state index < -0.39 is 0 Å². The van der Waals surface area contributed by atoms with Crippen LogP contribution in [-0.4, -0.2) is 26.5 Å². The van der Waals surface area contributed by atoms with Crippen molar-refractivity contribution in [3.63, 3.8) is 0 Å².